The van der Waals surface area contributed by atoms with Crippen molar-refractivity contribution < 1.29 is 4.39 Å². The number of anilines is 1. The summed E-state index contributed by atoms with van der Waals surface area (Å²) >= 11 is 0. The molecule has 0 saturated carbocycles. The average molecular weight is 256 g/mol. The largest absolute Gasteiger partial charge is 0.362 e. The van der Waals surface area contributed by atoms with E-state index in [1.807, 2.05) is 48.1 Å². The Morgan fingerprint density at radius 3 is 2.53 bits per heavy atom. The third-order valence-corrected chi connectivity index (χ3v) is 2.88. The van der Waals surface area contributed by atoms with Gasteiger partial charge in [-0.3, -0.25) is 4.57 Å². The summed E-state index contributed by atoms with van der Waals surface area (Å²) in [7, 11) is 3.76. The van der Waals surface area contributed by atoms with Gasteiger partial charge < -0.3 is 4.90 Å². The number of nitrogens with zero attached hydrogens (tertiary/aromatic N) is 4. The predicted octanol–water partition coefficient (Wildman–Crippen LogP) is 2.63. The molecule has 2 heterocycles. The second-order valence-corrected chi connectivity index (χ2v) is 4.49. The Morgan fingerprint density at radius 2 is 1.84 bits per heavy atom. The zero-order valence-electron chi connectivity index (χ0n) is 10.7. The van der Waals surface area contributed by atoms with E-state index in [-0.39, 0.29) is 5.82 Å². The maximum Gasteiger partial charge on any atom is 0.236 e. The molecule has 2 aromatic heterocycles. The van der Waals surface area contributed by atoms with E-state index in [4.69, 9.17) is 0 Å². The van der Waals surface area contributed by atoms with Gasteiger partial charge in [0.05, 0.1) is 5.52 Å². The minimum atomic E-state index is -0.284. The Kier molecular flexibility index (Phi) is 2.67. The lowest BCUT2D eigenvalue weighted by molar-refractivity contribution is 0.629. The second-order valence-electron chi connectivity index (χ2n) is 4.49. The summed E-state index contributed by atoms with van der Waals surface area (Å²) in [5.41, 5.74) is 0.726. The van der Waals surface area contributed by atoms with Gasteiger partial charge in [0.1, 0.15) is 11.6 Å². The van der Waals surface area contributed by atoms with Crippen LogP contribution in [0.3, 0.4) is 0 Å². The van der Waals surface area contributed by atoms with Crippen molar-refractivity contribution in [3.05, 3.63) is 48.5 Å². The van der Waals surface area contributed by atoms with Gasteiger partial charge in [-0.1, -0.05) is 0 Å². The van der Waals surface area contributed by atoms with Crippen molar-refractivity contribution >= 4 is 16.7 Å². The van der Waals surface area contributed by atoms with Gasteiger partial charge >= 0.3 is 0 Å². The molecule has 0 aliphatic rings. The van der Waals surface area contributed by atoms with Crippen LogP contribution < -0.4 is 4.90 Å². The normalized spacial score (nSPS) is 10.9. The van der Waals surface area contributed by atoms with E-state index < -0.39 is 0 Å². The third kappa shape index (κ3) is 2.03. The Bertz CT molecular complexity index is 720. The van der Waals surface area contributed by atoms with Gasteiger partial charge in [0.15, 0.2) is 0 Å². The zero-order valence-corrected chi connectivity index (χ0v) is 10.7. The Balaban J connectivity index is 2.31. The first-order chi connectivity index (χ1) is 9.15. The minimum Gasteiger partial charge on any atom is -0.362 e. The second kappa shape index (κ2) is 4.35. The Labute approximate surface area is 110 Å². The molecule has 0 fully saturated rings. The first-order valence-electron chi connectivity index (χ1n) is 5.93. The molecule has 1 aromatic carbocycles. The topological polar surface area (TPSA) is 34.0 Å². The number of fused-ring (bicyclic) bond motifs is 1. The molecule has 0 amide bonds. The van der Waals surface area contributed by atoms with Gasteiger partial charge in [0.25, 0.3) is 0 Å². The van der Waals surface area contributed by atoms with E-state index in [0.29, 0.717) is 17.2 Å². The average Bonchev–Trinajstić information content (AvgIpc) is 2.91. The van der Waals surface area contributed by atoms with Crippen molar-refractivity contribution in [2.24, 2.45) is 0 Å². The molecule has 0 N–H and O–H groups in total. The lowest BCUT2D eigenvalue weighted by Gasteiger charge is -2.15. The molecule has 4 nitrogen and oxygen atoms in total. The summed E-state index contributed by atoms with van der Waals surface area (Å²) in [5.74, 6) is 0.994. The highest BCUT2D eigenvalue weighted by molar-refractivity contribution is 5.89. The van der Waals surface area contributed by atoms with Crippen LogP contribution in [0.2, 0.25) is 0 Å². The van der Waals surface area contributed by atoms with Crippen LogP contribution in [-0.4, -0.2) is 28.6 Å². The number of halogens is 1. The molecule has 5 heteroatoms. The van der Waals surface area contributed by atoms with E-state index in [2.05, 4.69) is 9.97 Å². The highest BCUT2D eigenvalue weighted by Gasteiger charge is 2.11. The maximum absolute atomic E-state index is 13.4. The van der Waals surface area contributed by atoms with Crippen molar-refractivity contribution in [2.45, 2.75) is 0 Å². The van der Waals surface area contributed by atoms with Gasteiger partial charge in [0, 0.05) is 31.9 Å². The molecular formula is C14H13FN4. The Morgan fingerprint density at radius 1 is 1.11 bits per heavy atom. The molecule has 0 aliphatic heterocycles. The van der Waals surface area contributed by atoms with Crippen LogP contribution in [0.15, 0.2) is 42.7 Å². The standard InChI is InChI=1S/C14H13FN4/c1-18(2)13-11-9-10(15)5-6-12(11)16-14(17-13)19-7-3-4-8-19/h3-9H,1-2H3. The lowest BCUT2D eigenvalue weighted by Crippen LogP contribution is -2.13. The van der Waals surface area contributed by atoms with Crippen LogP contribution in [0, 0.1) is 5.82 Å². The van der Waals surface area contributed by atoms with Crippen molar-refractivity contribution in [2.75, 3.05) is 19.0 Å². The third-order valence-electron chi connectivity index (χ3n) is 2.88. The number of aromatic nitrogens is 3. The summed E-state index contributed by atoms with van der Waals surface area (Å²) in [5, 5.41) is 0.709. The van der Waals surface area contributed by atoms with Gasteiger partial charge in [-0.15, -0.1) is 0 Å². The summed E-state index contributed by atoms with van der Waals surface area (Å²) in [4.78, 5) is 10.8. The van der Waals surface area contributed by atoms with E-state index in [1.165, 1.54) is 12.1 Å². The van der Waals surface area contributed by atoms with Crippen molar-refractivity contribution in [3.63, 3.8) is 0 Å². The number of hydrogen-bond acceptors (Lipinski definition) is 3. The van der Waals surface area contributed by atoms with E-state index in [9.17, 15) is 4.39 Å². The van der Waals surface area contributed by atoms with Crippen LogP contribution in [0.5, 0.6) is 0 Å². The molecule has 0 saturated heterocycles. The van der Waals surface area contributed by atoms with Gasteiger partial charge in [-0.25, -0.2) is 9.37 Å². The van der Waals surface area contributed by atoms with Crippen molar-refractivity contribution in [3.8, 4) is 5.95 Å². The number of rotatable bonds is 2. The summed E-state index contributed by atoms with van der Waals surface area (Å²) in [6, 6.07) is 8.37. The highest BCUT2D eigenvalue weighted by Crippen LogP contribution is 2.24. The molecule has 0 unspecified atom stereocenters. The molecule has 96 valence electrons. The first-order valence-corrected chi connectivity index (χ1v) is 5.93. The highest BCUT2D eigenvalue weighted by atomic mass is 19.1. The fourth-order valence-corrected chi connectivity index (χ4v) is 2.00. The molecule has 0 atom stereocenters. The fourth-order valence-electron chi connectivity index (χ4n) is 2.00. The summed E-state index contributed by atoms with van der Waals surface area (Å²) in [6.45, 7) is 0. The molecule has 19 heavy (non-hydrogen) atoms. The van der Waals surface area contributed by atoms with Crippen LogP contribution >= 0.6 is 0 Å². The van der Waals surface area contributed by atoms with Crippen molar-refractivity contribution in [1.82, 2.24) is 14.5 Å². The van der Waals surface area contributed by atoms with E-state index in [0.717, 1.165) is 5.52 Å². The van der Waals surface area contributed by atoms with E-state index in [1.54, 1.807) is 6.07 Å². The SMILES string of the molecule is CN(C)c1nc(-n2cccc2)nc2ccc(F)cc12. The quantitative estimate of drug-likeness (QED) is 0.706. The Hall–Kier alpha value is -2.43. The molecular weight excluding hydrogens is 243 g/mol. The fraction of sp³-hybridized carbons (Fsp3) is 0.143. The predicted molar refractivity (Wildman–Crippen MR) is 73.2 cm³/mol. The molecule has 0 bridgehead atoms. The van der Waals surface area contributed by atoms with Gasteiger partial charge in [-0.2, -0.15) is 4.98 Å². The maximum atomic E-state index is 13.4. The summed E-state index contributed by atoms with van der Waals surface area (Å²) in [6.07, 6.45) is 3.76. The molecule has 3 aromatic rings. The molecule has 0 spiro atoms. The van der Waals surface area contributed by atoms with Crippen LogP contribution in [0.25, 0.3) is 16.9 Å². The van der Waals surface area contributed by atoms with Crippen molar-refractivity contribution in [1.29, 1.82) is 0 Å². The number of benzene rings is 1. The van der Waals surface area contributed by atoms with Crippen LogP contribution in [-0.2, 0) is 0 Å². The van der Waals surface area contributed by atoms with Crippen LogP contribution in [0.4, 0.5) is 10.2 Å². The van der Waals surface area contributed by atoms with Crippen LogP contribution in [0.1, 0.15) is 0 Å². The molecule has 0 aliphatic carbocycles. The minimum absolute atomic E-state index is 0.284. The molecule has 0 radical (unpaired) electrons. The van der Waals surface area contributed by atoms with Gasteiger partial charge in [-0.05, 0) is 30.3 Å². The molecule has 3 rings (SSSR count). The van der Waals surface area contributed by atoms with E-state index >= 15 is 0 Å². The van der Waals surface area contributed by atoms with Gasteiger partial charge in [0.2, 0.25) is 5.95 Å². The monoisotopic (exact) mass is 256 g/mol. The summed E-state index contributed by atoms with van der Waals surface area (Å²) < 4.78 is 15.2. The number of hydrogen-bond donors (Lipinski definition) is 0. The zero-order chi connectivity index (χ0) is 13.4. The lowest BCUT2D eigenvalue weighted by atomic mass is 10.2. The first kappa shape index (κ1) is 11.6. The smallest absolute Gasteiger partial charge is 0.236 e.